The second kappa shape index (κ2) is 5.96. The molecule has 0 amide bonds. The van der Waals surface area contributed by atoms with Gasteiger partial charge in [0.25, 0.3) is 0 Å². The lowest BCUT2D eigenvalue weighted by atomic mass is 10.1. The highest BCUT2D eigenvalue weighted by Crippen LogP contribution is 2.29. The lowest BCUT2D eigenvalue weighted by molar-refractivity contribution is -0.137. The van der Waals surface area contributed by atoms with E-state index in [4.69, 9.17) is 5.11 Å². The molecular weight excluding hydrogens is 267 g/mol. The Balaban J connectivity index is 2.00. The Morgan fingerprint density at radius 2 is 1.60 bits per heavy atom. The van der Waals surface area contributed by atoms with E-state index >= 15 is 0 Å². The van der Waals surface area contributed by atoms with E-state index in [0.717, 1.165) is 23.3 Å². The highest BCUT2D eigenvalue weighted by atomic mass is 19.4. The van der Waals surface area contributed by atoms with Crippen molar-refractivity contribution in [1.29, 1.82) is 0 Å². The van der Waals surface area contributed by atoms with Crippen LogP contribution in [-0.4, -0.2) is 5.11 Å². The number of alkyl halides is 3. The van der Waals surface area contributed by atoms with Gasteiger partial charge in [0.05, 0.1) is 12.2 Å². The molecule has 0 saturated carbocycles. The second-order valence-electron chi connectivity index (χ2n) is 4.41. The molecule has 2 nitrogen and oxygen atoms in total. The highest BCUT2D eigenvalue weighted by molar-refractivity contribution is 5.45. The average Bonchev–Trinajstić information content (AvgIpc) is 2.45. The molecule has 2 N–H and O–H groups in total. The van der Waals surface area contributed by atoms with Crippen LogP contribution in [0.25, 0.3) is 0 Å². The van der Waals surface area contributed by atoms with Crippen molar-refractivity contribution in [2.24, 2.45) is 0 Å². The summed E-state index contributed by atoms with van der Waals surface area (Å²) < 4.78 is 37.2. The zero-order valence-electron chi connectivity index (χ0n) is 10.6. The molecule has 0 saturated heterocycles. The number of aliphatic hydroxyl groups is 1. The number of hydrogen-bond donors (Lipinski definition) is 2. The molecule has 106 valence electrons. The first-order valence-electron chi connectivity index (χ1n) is 6.09. The molecule has 0 aliphatic carbocycles. The summed E-state index contributed by atoms with van der Waals surface area (Å²) in [6.07, 6.45) is -4.31. The molecule has 0 fully saturated rings. The first-order chi connectivity index (χ1) is 9.49. The molecule has 0 aromatic heterocycles. The van der Waals surface area contributed by atoms with Gasteiger partial charge in [-0.1, -0.05) is 24.3 Å². The van der Waals surface area contributed by atoms with E-state index < -0.39 is 11.7 Å². The van der Waals surface area contributed by atoms with Gasteiger partial charge in [0.1, 0.15) is 0 Å². The first kappa shape index (κ1) is 14.4. The summed E-state index contributed by atoms with van der Waals surface area (Å²) in [5.74, 6) is 0. The molecule has 0 radical (unpaired) electrons. The molecular formula is C15H14F3NO. The number of anilines is 1. The standard InChI is InChI=1S/C15H14F3NO/c16-15(17,18)13-4-6-14(7-5-13)19-9-11-2-1-3-12(8-11)10-20/h1-8,19-20H,9-10H2. The Bertz CT molecular complexity index is 564. The number of aliphatic hydroxyl groups excluding tert-OH is 1. The number of halogens is 3. The van der Waals surface area contributed by atoms with Crippen LogP contribution in [0.4, 0.5) is 18.9 Å². The van der Waals surface area contributed by atoms with E-state index in [1.807, 2.05) is 24.3 Å². The van der Waals surface area contributed by atoms with Crippen molar-refractivity contribution in [2.75, 3.05) is 5.32 Å². The third-order valence-corrected chi connectivity index (χ3v) is 2.88. The SMILES string of the molecule is OCc1cccc(CNc2ccc(C(F)(F)F)cc2)c1. The molecule has 0 atom stereocenters. The molecule has 0 bridgehead atoms. The van der Waals surface area contributed by atoms with E-state index in [0.29, 0.717) is 12.2 Å². The Hall–Kier alpha value is -2.01. The van der Waals surface area contributed by atoms with Crippen molar-refractivity contribution in [3.63, 3.8) is 0 Å². The Morgan fingerprint density at radius 1 is 0.950 bits per heavy atom. The zero-order valence-corrected chi connectivity index (χ0v) is 10.6. The Kier molecular flexibility index (Phi) is 4.29. The van der Waals surface area contributed by atoms with Crippen LogP contribution in [0, 0.1) is 0 Å². The van der Waals surface area contributed by atoms with Crippen LogP contribution in [0.2, 0.25) is 0 Å². The highest BCUT2D eigenvalue weighted by Gasteiger charge is 2.29. The normalized spacial score (nSPS) is 11.4. The average molecular weight is 281 g/mol. The number of hydrogen-bond acceptors (Lipinski definition) is 2. The van der Waals surface area contributed by atoms with E-state index in [9.17, 15) is 13.2 Å². The topological polar surface area (TPSA) is 32.3 Å². The number of benzene rings is 2. The van der Waals surface area contributed by atoms with E-state index in [-0.39, 0.29) is 6.61 Å². The van der Waals surface area contributed by atoms with Gasteiger partial charge in [-0.2, -0.15) is 13.2 Å². The van der Waals surface area contributed by atoms with Crippen LogP contribution in [0.5, 0.6) is 0 Å². The van der Waals surface area contributed by atoms with Crippen LogP contribution in [0.3, 0.4) is 0 Å². The quantitative estimate of drug-likeness (QED) is 0.893. The molecule has 0 aliphatic rings. The largest absolute Gasteiger partial charge is 0.416 e. The molecule has 0 spiro atoms. The van der Waals surface area contributed by atoms with Crippen molar-refractivity contribution in [2.45, 2.75) is 19.3 Å². The molecule has 0 unspecified atom stereocenters. The second-order valence-corrected chi connectivity index (χ2v) is 4.41. The van der Waals surface area contributed by atoms with Gasteiger partial charge in [0, 0.05) is 12.2 Å². The maximum Gasteiger partial charge on any atom is 0.416 e. The summed E-state index contributed by atoms with van der Waals surface area (Å²) in [4.78, 5) is 0. The number of nitrogens with one attached hydrogen (secondary N) is 1. The van der Waals surface area contributed by atoms with Crippen LogP contribution in [0.15, 0.2) is 48.5 Å². The molecule has 0 aliphatic heterocycles. The van der Waals surface area contributed by atoms with Gasteiger partial charge in [0.15, 0.2) is 0 Å². The summed E-state index contributed by atoms with van der Waals surface area (Å²) in [5.41, 5.74) is 1.71. The Labute approximate surface area is 114 Å². The summed E-state index contributed by atoms with van der Waals surface area (Å²) in [7, 11) is 0. The monoisotopic (exact) mass is 281 g/mol. The van der Waals surface area contributed by atoms with E-state index in [2.05, 4.69) is 5.32 Å². The van der Waals surface area contributed by atoms with Crippen molar-refractivity contribution in [3.8, 4) is 0 Å². The lowest BCUT2D eigenvalue weighted by Gasteiger charge is -2.10. The lowest BCUT2D eigenvalue weighted by Crippen LogP contribution is -2.05. The molecule has 2 aromatic rings. The summed E-state index contributed by atoms with van der Waals surface area (Å²) >= 11 is 0. The van der Waals surface area contributed by atoms with Gasteiger partial charge in [-0.25, -0.2) is 0 Å². The van der Waals surface area contributed by atoms with Gasteiger partial charge in [-0.05, 0) is 35.4 Å². The predicted octanol–water partition coefficient (Wildman–Crippen LogP) is 3.81. The van der Waals surface area contributed by atoms with Crippen LogP contribution < -0.4 is 5.32 Å². The van der Waals surface area contributed by atoms with E-state index in [1.165, 1.54) is 12.1 Å². The minimum Gasteiger partial charge on any atom is -0.392 e. The molecule has 2 rings (SSSR count). The van der Waals surface area contributed by atoms with Crippen LogP contribution >= 0.6 is 0 Å². The first-order valence-corrected chi connectivity index (χ1v) is 6.09. The van der Waals surface area contributed by atoms with Crippen molar-refractivity contribution in [3.05, 3.63) is 65.2 Å². The molecule has 5 heteroatoms. The van der Waals surface area contributed by atoms with Crippen molar-refractivity contribution >= 4 is 5.69 Å². The van der Waals surface area contributed by atoms with Crippen LogP contribution in [0.1, 0.15) is 16.7 Å². The fraction of sp³-hybridized carbons (Fsp3) is 0.200. The smallest absolute Gasteiger partial charge is 0.392 e. The molecule has 20 heavy (non-hydrogen) atoms. The number of rotatable bonds is 4. The summed E-state index contributed by atoms with van der Waals surface area (Å²) in [6, 6.07) is 12.3. The third kappa shape index (κ3) is 3.74. The van der Waals surface area contributed by atoms with Gasteiger partial charge < -0.3 is 10.4 Å². The summed E-state index contributed by atoms with van der Waals surface area (Å²) in [6.45, 7) is 0.452. The van der Waals surface area contributed by atoms with Gasteiger partial charge in [-0.15, -0.1) is 0 Å². The fourth-order valence-corrected chi connectivity index (χ4v) is 1.82. The fourth-order valence-electron chi connectivity index (χ4n) is 1.82. The molecule has 0 heterocycles. The zero-order chi connectivity index (χ0) is 14.6. The van der Waals surface area contributed by atoms with Gasteiger partial charge >= 0.3 is 6.18 Å². The Morgan fingerprint density at radius 3 is 2.20 bits per heavy atom. The minimum atomic E-state index is -4.31. The molecule has 2 aromatic carbocycles. The maximum atomic E-state index is 12.4. The van der Waals surface area contributed by atoms with E-state index in [1.54, 1.807) is 0 Å². The van der Waals surface area contributed by atoms with Crippen molar-refractivity contribution < 1.29 is 18.3 Å². The van der Waals surface area contributed by atoms with Crippen molar-refractivity contribution in [1.82, 2.24) is 0 Å². The summed E-state index contributed by atoms with van der Waals surface area (Å²) in [5, 5.41) is 12.1. The van der Waals surface area contributed by atoms with Gasteiger partial charge in [-0.3, -0.25) is 0 Å². The predicted molar refractivity (Wildman–Crippen MR) is 71.1 cm³/mol. The van der Waals surface area contributed by atoms with Gasteiger partial charge in [0.2, 0.25) is 0 Å². The minimum absolute atomic E-state index is 0.0336. The maximum absolute atomic E-state index is 12.4. The van der Waals surface area contributed by atoms with Crippen LogP contribution in [-0.2, 0) is 19.3 Å². The third-order valence-electron chi connectivity index (χ3n) is 2.88.